The largest absolute Gasteiger partial charge is 0.417 e. The molecule has 9 heteroatoms. The minimum atomic E-state index is -4.49. The van der Waals surface area contributed by atoms with Crippen molar-refractivity contribution in [3.05, 3.63) is 22.8 Å². The van der Waals surface area contributed by atoms with Crippen LogP contribution < -0.4 is 10.2 Å². The molecule has 5 nitrogen and oxygen atoms in total. The zero-order valence-corrected chi connectivity index (χ0v) is 17.9. The van der Waals surface area contributed by atoms with Crippen molar-refractivity contribution in [1.29, 1.82) is 0 Å². The van der Waals surface area contributed by atoms with E-state index in [1.807, 2.05) is 4.90 Å². The van der Waals surface area contributed by atoms with E-state index in [0.717, 1.165) is 57.2 Å². The van der Waals surface area contributed by atoms with E-state index in [4.69, 9.17) is 11.6 Å². The highest BCUT2D eigenvalue weighted by atomic mass is 35.5. The zero-order chi connectivity index (χ0) is 22.0. The monoisotopic (exact) mass is 457 g/mol. The molecular weight excluding hydrogens is 431 g/mol. The number of hydrogen-bond acceptors (Lipinski definition) is 4. The molecular formula is C22H27ClF3N3O2. The van der Waals surface area contributed by atoms with Crippen LogP contribution in [-0.2, 0) is 11.0 Å². The average molecular weight is 458 g/mol. The minimum Gasteiger partial charge on any atom is -0.393 e. The van der Waals surface area contributed by atoms with E-state index in [9.17, 15) is 23.1 Å². The first-order valence-electron chi connectivity index (χ1n) is 11.1. The van der Waals surface area contributed by atoms with Gasteiger partial charge in [0.15, 0.2) is 0 Å². The first-order chi connectivity index (χ1) is 14.6. The number of aliphatic hydroxyl groups is 1. The Labute approximate surface area is 184 Å². The summed E-state index contributed by atoms with van der Waals surface area (Å²) in [5.74, 6) is 1.40. The van der Waals surface area contributed by atoms with Gasteiger partial charge < -0.3 is 15.3 Å². The predicted molar refractivity (Wildman–Crippen MR) is 110 cm³/mol. The van der Waals surface area contributed by atoms with Gasteiger partial charge in [0.2, 0.25) is 5.91 Å². The number of carbonyl (C=O) groups is 1. The number of carbonyl (C=O) groups excluding carboxylic acids is 1. The van der Waals surface area contributed by atoms with Crippen LogP contribution >= 0.6 is 11.6 Å². The van der Waals surface area contributed by atoms with Crippen LogP contribution in [0, 0.1) is 23.2 Å². The number of anilines is 1. The van der Waals surface area contributed by atoms with Gasteiger partial charge in [0.1, 0.15) is 5.82 Å². The molecule has 1 aliphatic heterocycles. The summed E-state index contributed by atoms with van der Waals surface area (Å²) in [6.45, 7) is 1.10. The van der Waals surface area contributed by atoms with Gasteiger partial charge in [-0.05, 0) is 68.8 Å². The molecule has 1 aromatic heterocycles. The second kappa shape index (κ2) is 7.51. The number of halogens is 4. The highest BCUT2D eigenvalue weighted by Gasteiger charge is 2.58. The molecule has 31 heavy (non-hydrogen) atoms. The van der Waals surface area contributed by atoms with Crippen molar-refractivity contribution < 1.29 is 23.1 Å². The van der Waals surface area contributed by atoms with Gasteiger partial charge in [0.25, 0.3) is 0 Å². The molecule has 5 aliphatic rings. The van der Waals surface area contributed by atoms with Crippen LogP contribution in [0.15, 0.2) is 12.3 Å². The second-order valence-corrected chi connectivity index (χ2v) is 10.4. The van der Waals surface area contributed by atoms with Crippen LogP contribution in [0.2, 0.25) is 5.02 Å². The Kier molecular flexibility index (Phi) is 5.16. The van der Waals surface area contributed by atoms with Crippen LogP contribution in [0.5, 0.6) is 0 Å². The normalized spacial score (nSPS) is 37.2. The minimum absolute atomic E-state index is 0.0307. The van der Waals surface area contributed by atoms with Crippen LogP contribution in [0.1, 0.15) is 50.5 Å². The summed E-state index contributed by atoms with van der Waals surface area (Å²) < 4.78 is 38.7. The molecule has 0 aromatic carbocycles. The summed E-state index contributed by atoms with van der Waals surface area (Å²) >= 11 is 6.13. The summed E-state index contributed by atoms with van der Waals surface area (Å²) in [7, 11) is 0. The number of amides is 1. The zero-order valence-electron chi connectivity index (χ0n) is 17.2. The smallest absolute Gasteiger partial charge is 0.393 e. The van der Waals surface area contributed by atoms with Gasteiger partial charge in [-0.3, -0.25) is 4.79 Å². The maximum atomic E-state index is 13.4. The Hall–Kier alpha value is -1.54. The molecule has 5 fully saturated rings. The van der Waals surface area contributed by atoms with Crippen molar-refractivity contribution in [2.75, 3.05) is 18.0 Å². The van der Waals surface area contributed by atoms with E-state index in [1.165, 1.54) is 0 Å². The number of rotatable bonds is 3. The number of alkyl halides is 3. The van der Waals surface area contributed by atoms with E-state index in [1.54, 1.807) is 0 Å². The lowest BCUT2D eigenvalue weighted by molar-refractivity contribution is -0.163. The predicted octanol–water partition coefficient (Wildman–Crippen LogP) is 4.03. The highest BCUT2D eigenvalue weighted by molar-refractivity contribution is 6.33. The van der Waals surface area contributed by atoms with E-state index < -0.39 is 11.7 Å². The molecule has 1 saturated heterocycles. The molecule has 4 bridgehead atoms. The molecule has 170 valence electrons. The Morgan fingerprint density at radius 3 is 2.61 bits per heavy atom. The molecule has 0 radical (unpaired) electrons. The van der Waals surface area contributed by atoms with Gasteiger partial charge in [0.05, 0.1) is 22.1 Å². The number of piperidine rings is 1. The fourth-order valence-electron chi connectivity index (χ4n) is 6.72. The van der Waals surface area contributed by atoms with Crippen LogP contribution in [0.3, 0.4) is 0 Å². The van der Waals surface area contributed by atoms with Crippen molar-refractivity contribution in [3.8, 4) is 0 Å². The Balaban J connectivity index is 1.27. The lowest BCUT2D eigenvalue weighted by Crippen LogP contribution is -2.60. The van der Waals surface area contributed by atoms with Crippen molar-refractivity contribution in [1.82, 2.24) is 10.3 Å². The molecule has 1 amide bonds. The number of nitrogens with zero attached hydrogens (tertiary/aromatic N) is 2. The molecule has 4 aliphatic carbocycles. The Bertz CT molecular complexity index is 864. The third-order valence-electron chi connectivity index (χ3n) is 7.91. The molecule has 1 aromatic rings. The lowest BCUT2D eigenvalue weighted by atomic mass is 9.48. The summed E-state index contributed by atoms with van der Waals surface area (Å²) in [6, 6.07) is 0.812. The van der Waals surface area contributed by atoms with Gasteiger partial charge in [-0.15, -0.1) is 0 Å². The molecule has 3 unspecified atom stereocenters. The van der Waals surface area contributed by atoms with E-state index in [2.05, 4.69) is 10.3 Å². The Morgan fingerprint density at radius 1 is 1.26 bits per heavy atom. The summed E-state index contributed by atoms with van der Waals surface area (Å²) in [5, 5.41) is 13.7. The number of aromatic nitrogens is 1. The molecule has 2 heterocycles. The van der Waals surface area contributed by atoms with Crippen LogP contribution in [0.25, 0.3) is 0 Å². The van der Waals surface area contributed by atoms with Crippen LogP contribution in [0.4, 0.5) is 19.0 Å². The number of pyridine rings is 1. The Morgan fingerprint density at radius 2 is 1.97 bits per heavy atom. The molecule has 0 spiro atoms. The van der Waals surface area contributed by atoms with Gasteiger partial charge in [-0.25, -0.2) is 4.98 Å². The maximum Gasteiger partial charge on any atom is 0.417 e. The molecule has 3 atom stereocenters. The third kappa shape index (κ3) is 3.80. The number of aliphatic hydroxyl groups excluding tert-OH is 1. The van der Waals surface area contributed by atoms with Crippen molar-refractivity contribution in [2.24, 2.45) is 23.2 Å². The lowest BCUT2D eigenvalue weighted by Gasteiger charge is -2.58. The third-order valence-corrected chi connectivity index (χ3v) is 8.19. The maximum absolute atomic E-state index is 13.4. The molecule has 2 N–H and O–H groups in total. The fourth-order valence-corrected chi connectivity index (χ4v) is 7.01. The fraction of sp³-hybridized carbons (Fsp3) is 0.727. The van der Waals surface area contributed by atoms with E-state index in [0.29, 0.717) is 24.8 Å². The van der Waals surface area contributed by atoms with Gasteiger partial charge in [0, 0.05) is 25.3 Å². The molecule has 6 rings (SSSR count). The summed E-state index contributed by atoms with van der Waals surface area (Å²) in [6.07, 6.45) is 2.15. The SMILES string of the molecule is O=C(NC1CCCN(c2ncc(C(F)(F)F)cc2Cl)C1)C12CC3CC(C1)C(O)C(C3)C2. The van der Waals surface area contributed by atoms with Crippen LogP contribution in [-0.4, -0.2) is 41.2 Å². The average Bonchev–Trinajstić information content (AvgIpc) is 2.70. The van der Waals surface area contributed by atoms with E-state index in [-0.39, 0.29) is 40.3 Å². The molecule has 4 saturated carbocycles. The number of nitrogens with one attached hydrogen (secondary N) is 1. The van der Waals surface area contributed by atoms with Gasteiger partial charge in [-0.1, -0.05) is 11.6 Å². The van der Waals surface area contributed by atoms with Gasteiger partial charge in [-0.2, -0.15) is 13.2 Å². The van der Waals surface area contributed by atoms with Crippen molar-refractivity contribution in [3.63, 3.8) is 0 Å². The summed E-state index contributed by atoms with van der Waals surface area (Å²) in [5.41, 5.74) is -1.24. The first-order valence-corrected chi connectivity index (χ1v) is 11.5. The van der Waals surface area contributed by atoms with Gasteiger partial charge >= 0.3 is 6.18 Å². The quantitative estimate of drug-likeness (QED) is 0.719. The van der Waals surface area contributed by atoms with Crippen molar-refractivity contribution >= 4 is 23.3 Å². The topological polar surface area (TPSA) is 65.5 Å². The standard InChI is InChI=1S/C22H27ClF3N3O2/c23-17-6-15(22(24,25)26)10-27-19(17)29-3-1-2-16(11-29)28-20(31)21-7-12-4-13(8-21)18(30)14(5-12)9-21/h6,10,12-14,16,18,30H,1-5,7-9,11H2,(H,28,31). The first kappa shape index (κ1) is 21.3. The number of hydrogen-bond donors (Lipinski definition) is 2. The van der Waals surface area contributed by atoms with Crippen molar-refractivity contribution in [2.45, 2.75) is 63.3 Å². The summed E-state index contributed by atoms with van der Waals surface area (Å²) in [4.78, 5) is 19.2. The second-order valence-electron chi connectivity index (χ2n) is 10.0. The van der Waals surface area contributed by atoms with E-state index >= 15 is 0 Å². The highest BCUT2D eigenvalue weighted by Crippen LogP contribution is 2.60.